The molecule has 0 aromatic heterocycles. The molecule has 0 spiro atoms. The van der Waals surface area contributed by atoms with E-state index >= 15 is 0 Å². The summed E-state index contributed by atoms with van der Waals surface area (Å²) >= 11 is 0. The first-order chi connectivity index (χ1) is 7.56. The van der Waals surface area contributed by atoms with Gasteiger partial charge >= 0.3 is 0 Å². The van der Waals surface area contributed by atoms with E-state index in [1.165, 1.54) is 0 Å². The zero-order chi connectivity index (χ0) is 12.1. The quantitative estimate of drug-likeness (QED) is 0.745. The first kappa shape index (κ1) is 13.2. The number of nitrogens with two attached hydrogens (primary N) is 1. The molecule has 0 bridgehead atoms. The van der Waals surface area contributed by atoms with Crippen LogP contribution in [-0.4, -0.2) is 29.9 Å². The smallest absolute Gasteiger partial charge is 0.249 e. The number of rotatable bonds is 3. The molecule has 2 unspecified atom stereocenters. The van der Waals surface area contributed by atoms with Gasteiger partial charge in [0.2, 0.25) is 5.91 Å². The van der Waals surface area contributed by atoms with E-state index in [9.17, 15) is 4.79 Å². The third-order valence-electron chi connectivity index (χ3n) is 3.34. The molecule has 2 atom stereocenters. The Bertz CT molecular complexity index is 271. The van der Waals surface area contributed by atoms with Gasteiger partial charge in [-0.1, -0.05) is 13.0 Å². The number of hydrogen-bond donors (Lipinski definition) is 1. The predicted octanol–water partition coefficient (Wildman–Crippen LogP) is 1.93. The van der Waals surface area contributed by atoms with Crippen LogP contribution in [0, 0.1) is 5.92 Å². The Morgan fingerprint density at radius 2 is 2.31 bits per heavy atom. The molecule has 92 valence electrons. The standard InChI is InChI=1S/C13H24N2O/c1-4-6-10(2)13(16)15-8-5-7-12(9-15)11(3)14/h6,11-12H,4-5,7-9,14H2,1-3H3. The Kier molecular flexibility index (Phi) is 5.00. The fraction of sp³-hybridized carbons (Fsp3) is 0.769. The van der Waals surface area contributed by atoms with Crippen molar-refractivity contribution in [2.75, 3.05) is 13.1 Å². The Morgan fingerprint density at radius 3 is 2.88 bits per heavy atom. The van der Waals surface area contributed by atoms with Gasteiger partial charge in [-0.25, -0.2) is 0 Å². The maximum atomic E-state index is 12.1. The highest BCUT2D eigenvalue weighted by Gasteiger charge is 2.25. The summed E-state index contributed by atoms with van der Waals surface area (Å²) in [6.45, 7) is 7.70. The van der Waals surface area contributed by atoms with Crippen molar-refractivity contribution in [3.05, 3.63) is 11.6 Å². The van der Waals surface area contributed by atoms with Gasteiger partial charge in [-0.15, -0.1) is 0 Å². The third-order valence-corrected chi connectivity index (χ3v) is 3.34. The van der Waals surface area contributed by atoms with E-state index in [1.807, 2.05) is 24.8 Å². The summed E-state index contributed by atoms with van der Waals surface area (Å²) in [6, 6.07) is 0.186. The Hall–Kier alpha value is -0.830. The molecule has 0 aliphatic carbocycles. The van der Waals surface area contributed by atoms with E-state index in [2.05, 4.69) is 6.92 Å². The second kappa shape index (κ2) is 6.04. The zero-order valence-electron chi connectivity index (χ0n) is 10.7. The average Bonchev–Trinajstić information content (AvgIpc) is 2.28. The molecule has 0 saturated carbocycles. The maximum Gasteiger partial charge on any atom is 0.249 e. The van der Waals surface area contributed by atoms with Gasteiger partial charge in [0.15, 0.2) is 0 Å². The van der Waals surface area contributed by atoms with Crippen molar-refractivity contribution in [2.45, 2.75) is 46.1 Å². The number of carbonyl (C=O) groups is 1. The van der Waals surface area contributed by atoms with Crippen molar-refractivity contribution in [1.82, 2.24) is 4.90 Å². The number of allylic oxidation sites excluding steroid dienone is 1. The first-order valence-corrected chi connectivity index (χ1v) is 6.27. The number of nitrogens with zero attached hydrogens (tertiary/aromatic N) is 1. The molecule has 0 radical (unpaired) electrons. The van der Waals surface area contributed by atoms with Crippen molar-refractivity contribution in [1.29, 1.82) is 0 Å². The van der Waals surface area contributed by atoms with Crippen LogP contribution in [0.1, 0.15) is 40.0 Å². The largest absolute Gasteiger partial charge is 0.339 e. The minimum absolute atomic E-state index is 0.186. The average molecular weight is 224 g/mol. The minimum Gasteiger partial charge on any atom is -0.339 e. The summed E-state index contributed by atoms with van der Waals surface area (Å²) in [5.74, 6) is 0.652. The lowest BCUT2D eigenvalue weighted by Crippen LogP contribution is -2.45. The van der Waals surface area contributed by atoms with Crippen molar-refractivity contribution in [3.63, 3.8) is 0 Å². The van der Waals surface area contributed by atoms with Crippen LogP contribution in [0.2, 0.25) is 0 Å². The van der Waals surface area contributed by atoms with Gasteiger partial charge in [-0.3, -0.25) is 4.79 Å². The first-order valence-electron chi connectivity index (χ1n) is 6.27. The van der Waals surface area contributed by atoms with Crippen LogP contribution in [0.5, 0.6) is 0 Å². The van der Waals surface area contributed by atoms with E-state index in [0.29, 0.717) is 5.92 Å². The topological polar surface area (TPSA) is 46.3 Å². The van der Waals surface area contributed by atoms with E-state index in [1.54, 1.807) is 0 Å². The van der Waals surface area contributed by atoms with Crippen molar-refractivity contribution in [3.8, 4) is 0 Å². The summed E-state index contributed by atoms with van der Waals surface area (Å²) in [5, 5.41) is 0. The molecule has 1 rings (SSSR count). The fourth-order valence-corrected chi connectivity index (χ4v) is 2.27. The molecule has 0 aromatic carbocycles. The van der Waals surface area contributed by atoms with Crippen LogP contribution < -0.4 is 5.73 Å². The van der Waals surface area contributed by atoms with E-state index < -0.39 is 0 Å². The molecule has 1 aliphatic heterocycles. The van der Waals surface area contributed by atoms with Gasteiger partial charge in [0.05, 0.1) is 0 Å². The zero-order valence-corrected chi connectivity index (χ0v) is 10.7. The lowest BCUT2D eigenvalue weighted by molar-refractivity contribution is -0.129. The highest BCUT2D eigenvalue weighted by Crippen LogP contribution is 2.20. The number of hydrogen-bond acceptors (Lipinski definition) is 2. The van der Waals surface area contributed by atoms with Gasteiger partial charge < -0.3 is 10.6 Å². The van der Waals surface area contributed by atoms with E-state index in [0.717, 1.165) is 37.9 Å². The molecule has 1 fully saturated rings. The van der Waals surface area contributed by atoms with E-state index in [-0.39, 0.29) is 11.9 Å². The molecular weight excluding hydrogens is 200 g/mol. The lowest BCUT2D eigenvalue weighted by Gasteiger charge is -2.34. The lowest BCUT2D eigenvalue weighted by atomic mass is 9.92. The van der Waals surface area contributed by atoms with Crippen LogP contribution in [0.3, 0.4) is 0 Å². The highest BCUT2D eigenvalue weighted by molar-refractivity contribution is 5.92. The molecular formula is C13H24N2O. The minimum atomic E-state index is 0.186. The maximum absolute atomic E-state index is 12.1. The second-order valence-corrected chi connectivity index (χ2v) is 4.81. The monoisotopic (exact) mass is 224 g/mol. The van der Waals surface area contributed by atoms with E-state index in [4.69, 9.17) is 5.73 Å². The van der Waals surface area contributed by atoms with Crippen LogP contribution in [0.4, 0.5) is 0 Å². The number of amides is 1. The highest BCUT2D eigenvalue weighted by atomic mass is 16.2. The Morgan fingerprint density at radius 1 is 1.62 bits per heavy atom. The number of piperidine rings is 1. The van der Waals surface area contributed by atoms with Crippen LogP contribution in [0.25, 0.3) is 0 Å². The third kappa shape index (κ3) is 3.34. The van der Waals surface area contributed by atoms with Gasteiger partial charge in [0, 0.05) is 24.7 Å². The van der Waals surface area contributed by atoms with Crippen LogP contribution in [-0.2, 0) is 4.79 Å². The molecule has 3 nitrogen and oxygen atoms in total. The summed E-state index contributed by atoms with van der Waals surface area (Å²) < 4.78 is 0. The van der Waals surface area contributed by atoms with Crippen molar-refractivity contribution < 1.29 is 4.79 Å². The summed E-state index contributed by atoms with van der Waals surface area (Å²) in [6.07, 6.45) is 5.15. The fourth-order valence-electron chi connectivity index (χ4n) is 2.27. The SMILES string of the molecule is CCC=C(C)C(=O)N1CCCC(C(C)N)C1. The second-order valence-electron chi connectivity index (χ2n) is 4.81. The van der Waals surface area contributed by atoms with Gasteiger partial charge in [0.25, 0.3) is 0 Å². The molecule has 1 heterocycles. The normalized spacial score (nSPS) is 24.4. The van der Waals surface area contributed by atoms with Gasteiger partial charge in [-0.2, -0.15) is 0 Å². The van der Waals surface area contributed by atoms with Crippen molar-refractivity contribution >= 4 is 5.91 Å². The Balaban J connectivity index is 2.60. The van der Waals surface area contributed by atoms with Crippen LogP contribution >= 0.6 is 0 Å². The molecule has 1 saturated heterocycles. The van der Waals surface area contributed by atoms with Crippen LogP contribution in [0.15, 0.2) is 11.6 Å². The molecule has 2 N–H and O–H groups in total. The molecule has 0 aromatic rings. The van der Waals surface area contributed by atoms with Crippen molar-refractivity contribution in [2.24, 2.45) is 11.7 Å². The van der Waals surface area contributed by atoms with Gasteiger partial charge in [-0.05, 0) is 39.0 Å². The summed E-state index contributed by atoms with van der Waals surface area (Å²) in [4.78, 5) is 14.0. The van der Waals surface area contributed by atoms with Gasteiger partial charge in [0.1, 0.15) is 0 Å². The molecule has 3 heteroatoms. The number of carbonyl (C=O) groups excluding carboxylic acids is 1. The molecule has 16 heavy (non-hydrogen) atoms. The molecule has 1 aliphatic rings. The molecule has 1 amide bonds. The Labute approximate surface area is 98.7 Å². The predicted molar refractivity (Wildman–Crippen MR) is 67.0 cm³/mol. The number of likely N-dealkylation sites (tertiary alicyclic amines) is 1. The summed E-state index contributed by atoms with van der Waals surface area (Å²) in [7, 11) is 0. The summed E-state index contributed by atoms with van der Waals surface area (Å²) in [5.41, 5.74) is 6.78.